The van der Waals surface area contributed by atoms with Crippen LogP contribution in [0.4, 0.5) is 15.3 Å². The highest BCUT2D eigenvalue weighted by molar-refractivity contribution is 5.97. The maximum atomic E-state index is 12.5. The van der Waals surface area contributed by atoms with Crippen LogP contribution < -0.4 is 32.7 Å². The molecule has 1 aromatic carbocycles. The Hall–Kier alpha value is -3.34. The number of nitrogens with two attached hydrogens (primary N) is 2. The third-order valence-corrected chi connectivity index (χ3v) is 3.56. The van der Waals surface area contributed by atoms with Crippen molar-refractivity contribution in [3.8, 4) is 0 Å². The van der Waals surface area contributed by atoms with Gasteiger partial charge in [0.25, 0.3) is 0 Å². The Morgan fingerprint density at radius 1 is 1.11 bits per heavy atom. The minimum atomic E-state index is -0.872. The van der Waals surface area contributed by atoms with Crippen molar-refractivity contribution in [1.29, 1.82) is 0 Å². The predicted octanol–water partition coefficient (Wildman–Crippen LogP) is -0.627. The summed E-state index contributed by atoms with van der Waals surface area (Å²) in [4.78, 5) is 45.7. The summed E-state index contributed by atoms with van der Waals surface area (Å²) in [6.45, 7) is 0.382. The van der Waals surface area contributed by atoms with Crippen molar-refractivity contribution in [1.82, 2.24) is 16.0 Å². The van der Waals surface area contributed by atoms with Gasteiger partial charge in [0.2, 0.25) is 11.8 Å². The molecular formula is C17H26N6O5. The summed E-state index contributed by atoms with van der Waals surface area (Å²) in [6, 6.07) is 5.18. The minimum absolute atomic E-state index is 0.0269. The van der Waals surface area contributed by atoms with Crippen molar-refractivity contribution >= 4 is 29.6 Å². The Morgan fingerprint density at radius 2 is 1.79 bits per heavy atom. The normalized spacial score (nSPS) is 11.2. The van der Waals surface area contributed by atoms with Crippen molar-refractivity contribution in [3.05, 3.63) is 29.8 Å². The smallest absolute Gasteiger partial charge is 0.404 e. The van der Waals surface area contributed by atoms with E-state index in [4.69, 9.17) is 11.5 Å². The van der Waals surface area contributed by atoms with Crippen LogP contribution in [0.3, 0.4) is 0 Å². The molecule has 1 rings (SSSR count). The quantitative estimate of drug-likeness (QED) is 0.272. The average Bonchev–Trinajstić information content (AvgIpc) is 2.63. The number of anilines is 1. The molecule has 0 aliphatic carbocycles. The maximum absolute atomic E-state index is 12.5. The zero-order chi connectivity index (χ0) is 20.9. The number of urea groups is 1. The highest BCUT2D eigenvalue weighted by Gasteiger charge is 2.20. The molecule has 0 saturated carbocycles. The molecule has 1 aromatic rings. The minimum Gasteiger partial charge on any atom is -0.445 e. The fourth-order valence-corrected chi connectivity index (χ4v) is 2.26. The van der Waals surface area contributed by atoms with Crippen LogP contribution in [-0.2, 0) is 20.9 Å². The number of carbonyl (C=O) groups excluding carboxylic acids is 4. The van der Waals surface area contributed by atoms with Gasteiger partial charge < -0.3 is 37.5 Å². The molecule has 5 amide bonds. The third-order valence-electron chi connectivity index (χ3n) is 3.56. The molecule has 0 fully saturated rings. The first-order chi connectivity index (χ1) is 13.3. The van der Waals surface area contributed by atoms with Crippen LogP contribution in [0.5, 0.6) is 0 Å². The standard InChI is InChI=1S/C17H26N6O5/c1-20-9-14(24)23-13(3-2-8-21-16(18)26)15(25)22-12-6-4-11(5-7-12)10-28-17(19)27/h4-7,13,20H,2-3,8-10H2,1H3,(H2,19,27)(H,22,25)(H,23,24)(H3,18,21,26). The first-order valence-electron chi connectivity index (χ1n) is 8.61. The van der Waals surface area contributed by atoms with E-state index in [1.54, 1.807) is 31.3 Å². The van der Waals surface area contributed by atoms with E-state index in [1.807, 2.05) is 0 Å². The first kappa shape index (κ1) is 22.7. The SMILES string of the molecule is CNCC(=O)NC(CCCNC(N)=O)C(=O)Nc1ccc(COC(N)=O)cc1. The lowest BCUT2D eigenvalue weighted by atomic mass is 10.1. The van der Waals surface area contributed by atoms with E-state index < -0.39 is 24.1 Å². The molecule has 1 atom stereocenters. The molecule has 28 heavy (non-hydrogen) atoms. The summed E-state index contributed by atoms with van der Waals surface area (Å²) in [5.41, 5.74) is 11.1. The fourth-order valence-electron chi connectivity index (χ4n) is 2.26. The fraction of sp³-hybridized carbons (Fsp3) is 0.412. The average molecular weight is 394 g/mol. The van der Waals surface area contributed by atoms with E-state index in [2.05, 4.69) is 26.0 Å². The second-order valence-corrected chi connectivity index (χ2v) is 5.88. The van der Waals surface area contributed by atoms with E-state index in [0.717, 1.165) is 0 Å². The number of primary amides is 2. The van der Waals surface area contributed by atoms with E-state index in [9.17, 15) is 19.2 Å². The van der Waals surface area contributed by atoms with E-state index >= 15 is 0 Å². The van der Waals surface area contributed by atoms with Gasteiger partial charge in [0.15, 0.2) is 0 Å². The van der Waals surface area contributed by atoms with Crippen LogP contribution in [0.1, 0.15) is 18.4 Å². The van der Waals surface area contributed by atoms with Gasteiger partial charge in [0, 0.05) is 12.2 Å². The number of ether oxygens (including phenoxy) is 1. The van der Waals surface area contributed by atoms with E-state index in [0.29, 0.717) is 24.1 Å². The summed E-state index contributed by atoms with van der Waals surface area (Å²) in [6.07, 6.45) is -0.112. The number of amides is 5. The monoisotopic (exact) mass is 394 g/mol. The summed E-state index contributed by atoms with van der Waals surface area (Å²) < 4.78 is 4.68. The molecule has 0 aliphatic rings. The van der Waals surface area contributed by atoms with Crippen LogP contribution in [0.25, 0.3) is 0 Å². The second-order valence-electron chi connectivity index (χ2n) is 5.88. The number of hydrogen-bond donors (Lipinski definition) is 6. The molecule has 154 valence electrons. The maximum Gasteiger partial charge on any atom is 0.404 e. The highest BCUT2D eigenvalue weighted by Crippen LogP contribution is 2.12. The van der Waals surface area contributed by atoms with Gasteiger partial charge in [-0.25, -0.2) is 9.59 Å². The lowest BCUT2D eigenvalue weighted by Gasteiger charge is -2.18. The van der Waals surface area contributed by atoms with Gasteiger partial charge in [-0.05, 0) is 37.6 Å². The number of likely N-dealkylation sites (N-methyl/N-ethyl adjacent to an activating group) is 1. The zero-order valence-corrected chi connectivity index (χ0v) is 15.6. The van der Waals surface area contributed by atoms with Crippen molar-refractivity contribution in [2.45, 2.75) is 25.5 Å². The molecule has 8 N–H and O–H groups in total. The Bertz CT molecular complexity index is 679. The number of rotatable bonds is 11. The number of carbonyl (C=O) groups is 4. The Labute approximate surface area is 162 Å². The van der Waals surface area contributed by atoms with Gasteiger partial charge >= 0.3 is 12.1 Å². The second kappa shape index (κ2) is 12.1. The summed E-state index contributed by atoms with van der Waals surface area (Å²) in [7, 11) is 1.62. The topological polar surface area (TPSA) is 178 Å². The van der Waals surface area contributed by atoms with Gasteiger partial charge in [0.1, 0.15) is 12.6 Å². The molecule has 11 heteroatoms. The van der Waals surface area contributed by atoms with Gasteiger partial charge in [-0.15, -0.1) is 0 Å². The molecule has 0 spiro atoms. The Morgan fingerprint density at radius 3 is 2.36 bits per heavy atom. The third kappa shape index (κ3) is 9.38. The molecular weight excluding hydrogens is 368 g/mol. The predicted molar refractivity (Wildman–Crippen MR) is 102 cm³/mol. The molecule has 0 aromatic heterocycles. The zero-order valence-electron chi connectivity index (χ0n) is 15.6. The van der Waals surface area contributed by atoms with Crippen LogP contribution >= 0.6 is 0 Å². The first-order valence-corrected chi connectivity index (χ1v) is 8.61. The molecule has 11 nitrogen and oxygen atoms in total. The molecule has 1 unspecified atom stereocenters. The van der Waals surface area contributed by atoms with Crippen molar-refractivity contribution in [2.24, 2.45) is 11.5 Å². The van der Waals surface area contributed by atoms with Gasteiger partial charge in [-0.2, -0.15) is 0 Å². The molecule has 0 aliphatic heterocycles. The Kier molecular flexibility index (Phi) is 9.83. The van der Waals surface area contributed by atoms with Crippen molar-refractivity contribution in [3.63, 3.8) is 0 Å². The summed E-state index contributed by atoms with van der Waals surface area (Å²) in [5.74, 6) is -0.728. The molecule has 0 radical (unpaired) electrons. The summed E-state index contributed by atoms with van der Waals surface area (Å²) in [5, 5.41) is 10.5. The highest BCUT2D eigenvalue weighted by atomic mass is 16.5. The van der Waals surface area contributed by atoms with Crippen LogP contribution in [0.15, 0.2) is 24.3 Å². The van der Waals surface area contributed by atoms with Gasteiger partial charge in [0.05, 0.1) is 6.54 Å². The Balaban J connectivity index is 2.65. The lowest BCUT2D eigenvalue weighted by Crippen LogP contribution is -2.46. The largest absolute Gasteiger partial charge is 0.445 e. The van der Waals surface area contributed by atoms with Crippen molar-refractivity contribution in [2.75, 3.05) is 25.5 Å². The molecule has 0 heterocycles. The number of hydrogen-bond acceptors (Lipinski definition) is 6. The molecule has 0 saturated heterocycles. The van der Waals surface area contributed by atoms with Crippen LogP contribution in [0.2, 0.25) is 0 Å². The van der Waals surface area contributed by atoms with E-state index in [1.165, 1.54) is 0 Å². The molecule has 0 bridgehead atoms. The number of benzene rings is 1. The van der Waals surface area contributed by atoms with Crippen LogP contribution in [0, 0.1) is 0 Å². The van der Waals surface area contributed by atoms with E-state index in [-0.39, 0.29) is 25.6 Å². The van der Waals surface area contributed by atoms with Gasteiger partial charge in [-0.3, -0.25) is 9.59 Å². The van der Waals surface area contributed by atoms with Crippen LogP contribution in [-0.4, -0.2) is 50.1 Å². The number of nitrogens with one attached hydrogen (secondary N) is 4. The van der Waals surface area contributed by atoms with Gasteiger partial charge in [-0.1, -0.05) is 12.1 Å². The van der Waals surface area contributed by atoms with Crippen molar-refractivity contribution < 1.29 is 23.9 Å². The lowest BCUT2D eigenvalue weighted by molar-refractivity contribution is -0.126. The summed E-state index contributed by atoms with van der Waals surface area (Å²) >= 11 is 0.